The van der Waals surface area contributed by atoms with Gasteiger partial charge in [-0.25, -0.2) is 14.5 Å². The summed E-state index contributed by atoms with van der Waals surface area (Å²) in [4.78, 5) is 25.7. The van der Waals surface area contributed by atoms with Crippen LogP contribution in [0.3, 0.4) is 0 Å². The number of hydrogen-bond donors (Lipinski definition) is 1. The molecule has 0 spiro atoms. The number of anilines is 1. The Morgan fingerprint density at radius 1 is 1.23 bits per heavy atom. The Balaban J connectivity index is 1.45. The summed E-state index contributed by atoms with van der Waals surface area (Å²) < 4.78 is 7.14. The maximum Gasteiger partial charge on any atom is 0.252 e. The van der Waals surface area contributed by atoms with E-state index in [1.165, 1.54) is 17.7 Å². The summed E-state index contributed by atoms with van der Waals surface area (Å²) in [6.07, 6.45) is 2.37. The van der Waals surface area contributed by atoms with Crippen LogP contribution in [0.4, 0.5) is 5.13 Å². The molecule has 3 heterocycles. The number of amides is 1. The van der Waals surface area contributed by atoms with Crippen LogP contribution in [0.25, 0.3) is 17.0 Å². The van der Waals surface area contributed by atoms with Crippen LogP contribution in [0.1, 0.15) is 28.9 Å². The van der Waals surface area contributed by atoms with Gasteiger partial charge in [0.05, 0.1) is 12.8 Å². The molecule has 4 aromatic rings. The Hall–Kier alpha value is -3.33. The van der Waals surface area contributed by atoms with Crippen LogP contribution in [0.2, 0.25) is 0 Å². The second kappa shape index (κ2) is 8.19. The second-order valence-corrected chi connectivity index (χ2v) is 7.88. The van der Waals surface area contributed by atoms with E-state index in [0.717, 1.165) is 39.5 Å². The molecule has 9 heteroatoms. The topological polar surface area (TPSA) is 94.3 Å². The number of carbonyl (C=O) groups excluding carboxylic acids is 1. The molecule has 0 bridgehead atoms. The number of fused-ring (bicyclic) bond motifs is 1. The zero-order chi connectivity index (χ0) is 21.3. The maximum absolute atomic E-state index is 12.5. The number of nitrogens with zero attached hydrogens (tertiary/aromatic N) is 5. The third kappa shape index (κ3) is 3.88. The molecule has 0 atom stereocenters. The Kier molecular flexibility index (Phi) is 5.45. The van der Waals surface area contributed by atoms with Crippen molar-refractivity contribution in [3.8, 4) is 17.0 Å². The van der Waals surface area contributed by atoms with Crippen molar-refractivity contribution in [2.45, 2.75) is 33.6 Å². The summed E-state index contributed by atoms with van der Waals surface area (Å²) in [5.41, 5.74) is 5.63. The number of aryl methyl sites for hydroxylation is 3. The number of nitrogens with one attached hydrogen (secondary N) is 1. The Morgan fingerprint density at radius 2 is 2.07 bits per heavy atom. The molecule has 0 aliphatic heterocycles. The first-order valence-corrected chi connectivity index (χ1v) is 10.4. The quantitative estimate of drug-likeness (QED) is 0.509. The van der Waals surface area contributed by atoms with Crippen molar-refractivity contribution < 1.29 is 9.53 Å². The molecule has 0 aliphatic rings. The van der Waals surface area contributed by atoms with Crippen LogP contribution in [-0.4, -0.2) is 37.6 Å². The van der Waals surface area contributed by atoms with Gasteiger partial charge in [0.2, 0.25) is 5.91 Å². The van der Waals surface area contributed by atoms with Crippen molar-refractivity contribution in [1.29, 1.82) is 0 Å². The zero-order valence-corrected chi connectivity index (χ0v) is 18.1. The molecular formula is C21H22N6O2S. The summed E-state index contributed by atoms with van der Waals surface area (Å²) in [5, 5.41) is 9.58. The summed E-state index contributed by atoms with van der Waals surface area (Å²) in [6.45, 7) is 5.91. The molecular weight excluding hydrogens is 400 g/mol. The number of methoxy groups -OCH3 is 1. The lowest BCUT2D eigenvalue weighted by Crippen LogP contribution is -2.14. The average molecular weight is 423 g/mol. The first-order chi connectivity index (χ1) is 14.5. The normalized spacial score (nSPS) is 11.1. The predicted molar refractivity (Wildman–Crippen MR) is 116 cm³/mol. The van der Waals surface area contributed by atoms with E-state index in [1.54, 1.807) is 11.6 Å². The largest absolute Gasteiger partial charge is 0.496 e. The Labute approximate surface area is 178 Å². The number of rotatable bonds is 6. The van der Waals surface area contributed by atoms with Crippen molar-refractivity contribution in [3.05, 3.63) is 52.4 Å². The SMILES string of the molecule is COc1ccc(C)cc1-c1csc(NC(=O)CCc2c(C)nc3ncnn3c2C)n1. The average Bonchev–Trinajstić information content (AvgIpc) is 3.37. The van der Waals surface area contributed by atoms with Gasteiger partial charge in [-0.3, -0.25) is 4.79 Å². The first-order valence-electron chi connectivity index (χ1n) is 9.52. The molecule has 0 aliphatic carbocycles. The van der Waals surface area contributed by atoms with Crippen LogP contribution in [0.15, 0.2) is 29.9 Å². The summed E-state index contributed by atoms with van der Waals surface area (Å²) in [6, 6.07) is 5.94. The van der Waals surface area contributed by atoms with Gasteiger partial charge in [0.15, 0.2) is 5.13 Å². The monoisotopic (exact) mass is 422 g/mol. The van der Waals surface area contributed by atoms with Crippen molar-refractivity contribution in [1.82, 2.24) is 24.6 Å². The van der Waals surface area contributed by atoms with E-state index in [0.29, 0.717) is 23.8 Å². The van der Waals surface area contributed by atoms with Crippen molar-refractivity contribution in [2.75, 3.05) is 12.4 Å². The summed E-state index contributed by atoms with van der Waals surface area (Å²) in [5.74, 6) is 1.23. The lowest BCUT2D eigenvalue weighted by atomic mass is 10.1. The second-order valence-electron chi connectivity index (χ2n) is 7.02. The van der Waals surface area contributed by atoms with Gasteiger partial charge in [0, 0.05) is 28.8 Å². The van der Waals surface area contributed by atoms with Gasteiger partial charge in [-0.15, -0.1) is 11.3 Å². The van der Waals surface area contributed by atoms with E-state index >= 15 is 0 Å². The van der Waals surface area contributed by atoms with E-state index in [1.807, 2.05) is 44.4 Å². The number of carbonyl (C=O) groups is 1. The van der Waals surface area contributed by atoms with Gasteiger partial charge in [0.1, 0.15) is 12.1 Å². The highest BCUT2D eigenvalue weighted by Gasteiger charge is 2.15. The zero-order valence-electron chi connectivity index (χ0n) is 17.3. The predicted octanol–water partition coefficient (Wildman–Crippen LogP) is 3.75. The third-order valence-corrected chi connectivity index (χ3v) is 5.73. The van der Waals surface area contributed by atoms with E-state index in [-0.39, 0.29) is 5.91 Å². The van der Waals surface area contributed by atoms with E-state index in [9.17, 15) is 4.79 Å². The number of thiazole rings is 1. The molecule has 0 saturated heterocycles. The van der Waals surface area contributed by atoms with Gasteiger partial charge in [-0.1, -0.05) is 11.6 Å². The molecule has 30 heavy (non-hydrogen) atoms. The molecule has 8 nitrogen and oxygen atoms in total. The standard InChI is InChI=1S/C21H22N6O2S/c1-12-5-7-18(29-4)16(9-12)17-10-30-21(25-17)26-19(28)8-6-15-13(2)24-20-22-11-23-27(20)14(15)3/h5,7,9-11H,6,8H2,1-4H3,(H,25,26,28). The van der Waals surface area contributed by atoms with Gasteiger partial charge < -0.3 is 10.1 Å². The number of hydrogen-bond acceptors (Lipinski definition) is 7. The number of aromatic nitrogens is 5. The fraction of sp³-hybridized carbons (Fsp3) is 0.286. The van der Waals surface area contributed by atoms with Gasteiger partial charge in [-0.2, -0.15) is 10.1 Å². The van der Waals surface area contributed by atoms with Crippen molar-refractivity contribution >= 4 is 28.2 Å². The van der Waals surface area contributed by atoms with Crippen LogP contribution < -0.4 is 10.1 Å². The molecule has 154 valence electrons. The minimum atomic E-state index is -0.0930. The van der Waals surface area contributed by atoms with E-state index in [4.69, 9.17) is 4.74 Å². The summed E-state index contributed by atoms with van der Waals surface area (Å²) in [7, 11) is 1.64. The number of ether oxygens (including phenoxy) is 1. The first kappa shape index (κ1) is 20.0. The molecule has 0 fully saturated rings. The molecule has 0 radical (unpaired) electrons. The van der Waals surface area contributed by atoms with Crippen molar-refractivity contribution in [3.63, 3.8) is 0 Å². The van der Waals surface area contributed by atoms with Gasteiger partial charge in [-0.05, 0) is 44.9 Å². The minimum Gasteiger partial charge on any atom is -0.496 e. The van der Waals surface area contributed by atoms with Crippen LogP contribution in [0, 0.1) is 20.8 Å². The molecule has 1 aromatic carbocycles. The highest BCUT2D eigenvalue weighted by Crippen LogP contribution is 2.33. The maximum atomic E-state index is 12.5. The van der Waals surface area contributed by atoms with Gasteiger partial charge in [0.25, 0.3) is 5.78 Å². The molecule has 0 unspecified atom stereocenters. The highest BCUT2D eigenvalue weighted by molar-refractivity contribution is 7.14. The summed E-state index contributed by atoms with van der Waals surface area (Å²) >= 11 is 1.40. The van der Waals surface area contributed by atoms with Crippen LogP contribution in [-0.2, 0) is 11.2 Å². The van der Waals surface area contributed by atoms with E-state index in [2.05, 4.69) is 25.4 Å². The van der Waals surface area contributed by atoms with Crippen molar-refractivity contribution in [2.24, 2.45) is 0 Å². The molecule has 1 amide bonds. The molecule has 0 saturated carbocycles. The lowest BCUT2D eigenvalue weighted by Gasteiger charge is -2.10. The van der Waals surface area contributed by atoms with Crippen LogP contribution >= 0.6 is 11.3 Å². The minimum absolute atomic E-state index is 0.0930. The van der Waals surface area contributed by atoms with Crippen LogP contribution in [0.5, 0.6) is 5.75 Å². The number of benzene rings is 1. The Morgan fingerprint density at radius 3 is 2.87 bits per heavy atom. The molecule has 1 N–H and O–H groups in total. The third-order valence-electron chi connectivity index (χ3n) is 4.97. The molecule has 4 rings (SSSR count). The smallest absolute Gasteiger partial charge is 0.252 e. The van der Waals surface area contributed by atoms with Gasteiger partial charge >= 0.3 is 0 Å². The van der Waals surface area contributed by atoms with E-state index < -0.39 is 0 Å². The highest BCUT2D eigenvalue weighted by atomic mass is 32.1. The fourth-order valence-electron chi connectivity index (χ4n) is 3.41. The Bertz CT molecular complexity index is 1230. The molecule has 3 aromatic heterocycles. The fourth-order valence-corrected chi connectivity index (χ4v) is 4.14. The lowest BCUT2D eigenvalue weighted by molar-refractivity contribution is -0.116.